The third-order valence-electron chi connectivity index (χ3n) is 6.03. The molecular weight excluding hydrogens is 485 g/mol. The average Bonchev–Trinajstić information content (AvgIpc) is 3.20. The van der Waals surface area contributed by atoms with E-state index in [2.05, 4.69) is 36.6 Å². The maximum atomic E-state index is 13.3. The van der Waals surface area contributed by atoms with Crippen molar-refractivity contribution < 1.29 is 9.59 Å². The Labute approximate surface area is 222 Å². The number of anilines is 1. The van der Waals surface area contributed by atoms with Gasteiger partial charge >= 0.3 is 0 Å². The molecule has 2 aromatic rings. The molecule has 194 valence electrons. The monoisotopic (exact) mass is 523 g/mol. The van der Waals surface area contributed by atoms with Gasteiger partial charge in [-0.2, -0.15) is 0 Å². The van der Waals surface area contributed by atoms with E-state index in [1.807, 2.05) is 61.1 Å². The summed E-state index contributed by atoms with van der Waals surface area (Å²) in [7, 11) is 1.81. The molecule has 0 fully saturated rings. The molecule has 1 heterocycles. The summed E-state index contributed by atoms with van der Waals surface area (Å²) in [5.41, 5.74) is 5.54. The summed E-state index contributed by atoms with van der Waals surface area (Å²) >= 11 is 0. The summed E-state index contributed by atoms with van der Waals surface area (Å²) in [5.74, 6) is -0.132. The number of fused-ring (bicyclic) bond motifs is 1. The summed E-state index contributed by atoms with van der Waals surface area (Å²) in [5, 5.41) is 10.0. The molecule has 0 bridgehead atoms. The lowest BCUT2D eigenvalue weighted by molar-refractivity contribution is -0.145. The van der Waals surface area contributed by atoms with Gasteiger partial charge in [0.15, 0.2) is 0 Å². The first-order valence-corrected chi connectivity index (χ1v) is 11.7. The Morgan fingerprint density at radius 1 is 0.914 bits per heavy atom. The molecule has 2 aromatic carbocycles. The van der Waals surface area contributed by atoms with Crippen LogP contribution in [0, 0.1) is 13.8 Å². The molecule has 2 N–H and O–H groups in total. The Kier molecular flexibility index (Phi) is 12.5. The first-order valence-electron chi connectivity index (χ1n) is 11.7. The quantitative estimate of drug-likeness (QED) is 0.466. The highest BCUT2D eigenvalue weighted by Gasteiger charge is 2.27. The largest absolute Gasteiger partial charge is 0.353 e. The lowest BCUT2D eigenvalue weighted by atomic mass is 10.1. The molecule has 0 atom stereocenters. The molecule has 0 spiro atoms. The molecule has 0 saturated heterocycles. The van der Waals surface area contributed by atoms with Crippen molar-refractivity contribution in [3.8, 4) is 0 Å². The summed E-state index contributed by atoms with van der Waals surface area (Å²) in [6, 6.07) is 14.7. The highest BCUT2D eigenvalue weighted by molar-refractivity contribution is 5.87. The topological polar surface area (TPSA) is 67.9 Å². The van der Waals surface area contributed by atoms with Crippen molar-refractivity contribution in [2.75, 3.05) is 38.1 Å². The van der Waals surface area contributed by atoms with Crippen LogP contribution in [0.25, 0.3) is 0 Å². The van der Waals surface area contributed by atoms with E-state index in [-0.39, 0.29) is 49.7 Å². The third-order valence-corrected chi connectivity index (χ3v) is 6.03. The second kappa shape index (κ2) is 14.3. The van der Waals surface area contributed by atoms with Gasteiger partial charge in [-0.1, -0.05) is 56.3 Å². The molecule has 9 heteroatoms. The molecule has 0 saturated carbocycles. The molecule has 0 radical (unpaired) electrons. The van der Waals surface area contributed by atoms with Gasteiger partial charge in [-0.25, -0.2) is 5.01 Å². The van der Waals surface area contributed by atoms with Crippen molar-refractivity contribution in [3.63, 3.8) is 0 Å². The van der Waals surface area contributed by atoms with Gasteiger partial charge in [-0.3, -0.25) is 14.6 Å². The van der Waals surface area contributed by atoms with E-state index in [9.17, 15) is 9.59 Å². The number of nitrogens with one attached hydrogen (secondary N) is 2. The Morgan fingerprint density at radius 3 is 2.03 bits per heavy atom. The zero-order chi connectivity index (χ0) is 24.0. The minimum absolute atomic E-state index is 0. The van der Waals surface area contributed by atoms with Crippen LogP contribution in [0.5, 0.6) is 0 Å². The molecular formula is C26H39Cl2N5O2. The zero-order valence-corrected chi connectivity index (χ0v) is 23.0. The number of amides is 2. The van der Waals surface area contributed by atoms with Crippen LogP contribution in [-0.2, 0) is 22.7 Å². The van der Waals surface area contributed by atoms with Crippen molar-refractivity contribution in [1.82, 2.24) is 20.7 Å². The highest BCUT2D eigenvalue weighted by atomic mass is 35.5. The van der Waals surface area contributed by atoms with Gasteiger partial charge in [-0.15, -0.1) is 24.8 Å². The number of hydrazine groups is 1. The normalized spacial score (nSPS) is 12.4. The second-order valence-electron chi connectivity index (χ2n) is 9.06. The van der Waals surface area contributed by atoms with Crippen molar-refractivity contribution in [1.29, 1.82) is 0 Å². The van der Waals surface area contributed by atoms with E-state index < -0.39 is 0 Å². The van der Waals surface area contributed by atoms with Crippen LogP contribution < -0.4 is 15.5 Å². The van der Waals surface area contributed by atoms with Gasteiger partial charge in [0, 0.05) is 45.0 Å². The number of aryl methyl sites for hydroxylation is 2. The number of carbonyl (C=O) groups is 2. The lowest BCUT2D eigenvalue weighted by Gasteiger charge is -2.32. The van der Waals surface area contributed by atoms with Gasteiger partial charge in [-0.05, 0) is 36.1 Å². The fraction of sp³-hybridized carbons (Fsp3) is 0.462. The van der Waals surface area contributed by atoms with E-state index in [4.69, 9.17) is 0 Å². The van der Waals surface area contributed by atoms with Gasteiger partial charge in [0.1, 0.15) is 0 Å². The lowest BCUT2D eigenvalue weighted by Crippen LogP contribution is -2.48. The number of hydrogen-bond acceptors (Lipinski definition) is 5. The number of nitrogens with zero attached hydrogens (tertiary/aromatic N) is 3. The van der Waals surface area contributed by atoms with E-state index >= 15 is 0 Å². The van der Waals surface area contributed by atoms with E-state index in [1.54, 1.807) is 5.01 Å². The molecule has 7 nitrogen and oxygen atoms in total. The summed E-state index contributed by atoms with van der Waals surface area (Å²) in [4.78, 5) is 27.9. The molecule has 1 aliphatic heterocycles. The number of likely N-dealkylation sites (N-methyl/N-ethyl adjacent to an activating group) is 1. The fourth-order valence-electron chi connectivity index (χ4n) is 4.26. The molecule has 0 aliphatic carbocycles. The van der Waals surface area contributed by atoms with Crippen LogP contribution in [0.2, 0.25) is 0 Å². The Bertz CT molecular complexity index is 941. The predicted octanol–water partition coefficient (Wildman–Crippen LogP) is 3.46. The first kappa shape index (κ1) is 30.7. The minimum atomic E-state index is -0.0905. The predicted molar refractivity (Wildman–Crippen MR) is 147 cm³/mol. The Balaban J connectivity index is 0.00000306. The molecule has 2 amide bonds. The summed E-state index contributed by atoms with van der Waals surface area (Å²) < 4.78 is 0. The molecule has 0 aromatic heterocycles. The van der Waals surface area contributed by atoms with E-state index in [0.717, 1.165) is 16.8 Å². The van der Waals surface area contributed by atoms with Crippen molar-refractivity contribution in [2.24, 2.45) is 0 Å². The van der Waals surface area contributed by atoms with Gasteiger partial charge in [0.25, 0.3) is 5.91 Å². The van der Waals surface area contributed by atoms with Gasteiger partial charge in [0.2, 0.25) is 5.91 Å². The van der Waals surface area contributed by atoms with E-state index in [0.29, 0.717) is 32.2 Å². The Hall–Kier alpha value is -2.32. The Morgan fingerprint density at radius 2 is 1.49 bits per heavy atom. The zero-order valence-electron chi connectivity index (χ0n) is 21.3. The maximum Gasteiger partial charge on any atom is 0.256 e. The first-order chi connectivity index (χ1) is 15.8. The smallest absolute Gasteiger partial charge is 0.256 e. The standard InChI is InChI=1S/C26H37N5O2.2ClH/c1-19(2)27-13-14-28-24(32)17-30(26-20(3)9-8-10-21(26)4)18-25(33)29(5)31-15-22-11-6-7-12-23(22)16-31;;/h6-12,19,27H,13-18H2,1-5H3,(H,28,32);2*1H. The van der Waals surface area contributed by atoms with Crippen molar-refractivity contribution in [3.05, 3.63) is 64.7 Å². The van der Waals surface area contributed by atoms with Crippen LogP contribution in [0.15, 0.2) is 42.5 Å². The number of rotatable bonds is 10. The second-order valence-corrected chi connectivity index (χ2v) is 9.06. The third kappa shape index (κ3) is 8.39. The van der Waals surface area contributed by atoms with Gasteiger partial charge < -0.3 is 15.5 Å². The fourth-order valence-corrected chi connectivity index (χ4v) is 4.26. The van der Waals surface area contributed by atoms with Crippen molar-refractivity contribution >= 4 is 42.3 Å². The van der Waals surface area contributed by atoms with Crippen LogP contribution in [0.1, 0.15) is 36.1 Å². The summed E-state index contributed by atoms with van der Waals surface area (Å²) in [6.45, 7) is 11.1. The SMILES string of the molecule is Cc1cccc(C)c1N(CC(=O)NCCNC(C)C)CC(=O)N(C)N1Cc2ccccc2C1.Cl.Cl. The number of carbonyl (C=O) groups excluding carboxylic acids is 2. The van der Waals surface area contributed by atoms with Crippen LogP contribution in [-0.4, -0.2) is 61.1 Å². The van der Waals surface area contributed by atoms with Gasteiger partial charge in [0.05, 0.1) is 13.1 Å². The van der Waals surface area contributed by atoms with E-state index in [1.165, 1.54) is 11.1 Å². The minimum Gasteiger partial charge on any atom is -0.353 e. The van der Waals surface area contributed by atoms with Crippen molar-refractivity contribution in [2.45, 2.75) is 46.8 Å². The molecule has 3 rings (SSSR count). The summed E-state index contributed by atoms with van der Waals surface area (Å²) in [6.07, 6.45) is 0. The average molecular weight is 525 g/mol. The number of para-hydroxylation sites is 1. The molecule has 0 unspecified atom stereocenters. The number of hydrogen-bond donors (Lipinski definition) is 2. The highest BCUT2D eigenvalue weighted by Crippen LogP contribution is 2.26. The molecule has 35 heavy (non-hydrogen) atoms. The van der Waals surface area contributed by atoms with Crippen LogP contribution in [0.3, 0.4) is 0 Å². The number of benzene rings is 2. The molecule has 1 aliphatic rings. The number of halogens is 2. The maximum absolute atomic E-state index is 13.3. The van der Waals surface area contributed by atoms with Crippen LogP contribution >= 0.6 is 24.8 Å². The van der Waals surface area contributed by atoms with Crippen LogP contribution in [0.4, 0.5) is 5.69 Å².